The summed E-state index contributed by atoms with van der Waals surface area (Å²) in [7, 11) is -3.83. The van der Waals surface area contributed by atoms with E-state index in [4.69, 9.17) is 16.3 Å². The molecular formula is C21H28ClN3O5S. The van der Waals surface area contributed by atoms with Gasteiger partial charge in [0.05, 0.1) is 18.0 Å². The average Bonchev–Trinajstić information content (AvgIpc) is 2.78. The van der Waals surface area contributed by atoms with Gasteiger partial charge in [-0.1, -0.05) is 23.3 Å². The van der Waals surface area contributed by atoms with Crippen LogP contribution in [0.1, 0.15) is 38.5 Å². The van der Waals surface area contributed by atoms with E-state index in [0.717, 1.165) is 25.7 Å². The second kappa shape index (κ2) is 11.1. The molecule has 170 valence electrons. The van der Waals surface area contributed by atoms with Crippen molar-refractivity contribution in [3.05, 3.63) is 40.9 Å². The summed E-state index contributed by atoms with van der Waals surface area (Å²) >= 11 is 5.85. The van der Waals surface area contributed by atoms with Crippen LogP contribution in [-0.4, -0.2) is 57.0 Å². The third-order valence-corrected chi connectivity index (χ3v) is 7.49. The first-order chi connectivity index (χ1) is 14.9. The SMILES string of the molecule is O=C(NCCC1=CCCCC1)C(=O)NC[C@@H]1OCCCN1S(=O)(=O)c1ccc(Cl)cc1. The zero-order valence-electron chi connectivity index (χ0n) is 17.3. The average molecular weight is 470 g/mol. The number of carbonyl (C=O) groups is 2. The Bertz CT molecular complexity index is 917. The number of carbonyl (C=O) groups excluding carboxylic acids is 2. The lowest BCUT2D eigenvalue weighted by atomic mass is 9.97. The Balaban J connectivity index is 1.52. The smallest absolute Gasteiger partial charge is 0.309 e. The van der Waals surface area contributed by atoms with Gasteiger partial charge in [0.1, 0.15) is 6.23 Å². The first-order valence-corrected chi connectivity index (χ1v) is 12.3. The number of halogens is 1. The molecule has 8 nitrogen and oxygen atoms in total. The summed E-state index contributed by atoms with van der Waals surface area (Å²) in [6, 6.07) is 5.86. The van der Waals surface area contributed by atoms with Gasteiger partial charge in [0, 0.05) is 18.1 Å². The molecule has 31 heavy (non-hydrogen) atoms. The minimum Gasteiger partial charge on any atom is -0.360 e. The molecule has 0 bridgehead atoms. The highest BCUT2D eigenvalue weighted by atomic mass is 35.5. The zero-order chi connectivity index (χ0) is 22.3. The van der Waals surface area contributed by atoms with Gasteiger partial charge in [-0.15, -0.1) is 0 Å². The van der Waals surface area contributed by atoms with Crippen molar-refractivity contribution in [3.8, 4) is 0 Å². The third kappa shape index (κ3) is 6.52. The van der Waals surface area contributed by atoms with E-state index >= 15 is 0 Å². The van der Waals surface area contributed by atoms with Crippen LogP contribution in [0.2, 0.25) is 5.02 Å². The van der Waals surface area contributed by atoms with Crippen molar-refractivity contribution >= 4 is 33.4 Å². The quantitative estimate of drug-likeness (QED) is 0.470. The molecule has 1 heterocycles. The number of rotatable bonds is 7. The van der Waals surface area contributed by atoms with E-state index in [1.807, 2.05) is 0 Å². The minimum absolute atomic E-state index is 0.0912. The van der Waals surface area contributed by atoms with Crippen LogP contribution in [0.4, 0.5) is 0 Å². The molecule has 3 rings (SSSR count). The highest BCUT2D eigenvalue weighted by Crippen LogP contribution is 2.23. The lowest BCUT2D eigenvalue weighted by molar-refractivity contribution is -0.140. The third-order valence-electron chi connectivity index (χ3n) is 5.33. The van der Waals surface area contributed by atoms with Crippen molar-refractivity contribution < 1.29 is 22.7 Å². The molecule has 2 N–H and O–H groups in total. The predicted octanol–water partition coefficient (Wildman–Crippen LogP) is 2.20. The fraction of sp³-hybridized carbons (Fsp3) is 0.524. The van der Waals surface area contributed by atoms with Gasteiger partial charge in [-0.25, -0.2) is 8.42 Å². The molecule has 1 saturated heterocycles. The number of allylic oxidation sites excluding steroid dienone is 1. The Kier molecular flexibility index (Phi) is 8.48. The second-order valence-corrected chi connectivity index (χ2v) is 9.90. The lowest BCUT2D eigenvalue weighted by Gasteiger charge is -2.34. The second-order valence-electron chi connectivity index (χ2n) is 7.57. The van der Waals surface area contributed by atoms with Crippen LogP contribution < -0.4 is 10.6 Å². The van der Waals surface area contributed by atoms with E-state index in [1.54, 1.807) is 0 Å². The Morgan fingerprint density at radius 3 is 2.55 bits per heavy atom. The topological polar surface area (TPSA) is 105 Å². The van der Waals surface area contributed by atoms with Gasteiger partial charge in [-0.05, 0) is 62.8 Å². The van der Waals surface area contributed by atoms with Gasteiger partial charge in [-0.3, -0.25) is 9.59 Å². The summed E-state index contributed by atoms with van der Waals surface area (Å²) in [6.07, 6.45) is 7.05. The molecule has 1 atom stereocenters. The normalized spacial score (nSPS) is 20.0. The fourth-order valence-electron chi connectivity index (χ4n) is 3.65. The molecule has 1 aliphatic heterocycles. The summed E-state index contributed by atoms with van der Waals surface area (Å²) < 4.78 is 32.8. The van der Waals surface area contributed by atoms with Gasteiger partial charge in [-0.2, -0.15) is 4.31 Å². The van der Waals surface area contributed by atoms with E-state index in [0.29, 0.717) is 24.6 Å². The molecule has 1 aliphatic carbocycles. The maximum atomic E-state index is 13.0. The highest BCUT2D eigenvalue weighted by Gasteiger charge is 2.34. The van der Waals surface area contributed by atoms with Crippen molar-refractivity contribution in [1.82, 2.24) is 14.9 Å². The van der Waals surface area contributed by atoms with Gasteiger partial charge in [0.15, 0.2) is 0 Å². The first kappa shape index (κ1) is 23.7. The summed E-state index contributed by atoms with van der Waals surface area (Å²) in [5, 5.41) is 5.53. The standard InChI is InChI=1S/C21H28ClN3O5S/c22-17-7-9-18(10-8-17)31(28,29)25-13-4-14-30-19(25)15-24-21(27)20(26)23-12-11-16-5-2-1-3-6-16/h5,7-10,19H,1-4,6,11-15H2,(H,23,26)(H,24,27)/t19-/m0/s1. The van der Waals surface area contributed by atoms with Crippen LogP contribution in [0.25, 0.3) is 0 Å². The molecule has 0 aromatic heterocycles. The fourth-order valence-corrected chi connectivity index (χ4v) is 5.34. The van der Waals surface area contributed by atoms with Crippen LogP contribution >= 0.6 is 11.6 Å². The van der Waals surface area contributed by atoms with Gasteiger partial charge < -0.3 is 15.4 Å². The van der Waals surface area contributed by atoms with Crippen molar-refractivity contribution in [3.63, 3.8) is 0 Å². The van der Waals surface area contributed by atoms with Gasteiger partial charge >= 0.3 is 11.8 Å². The number of sulfonamides is 1. The Morgan fingerprint density at radius 1 is 1.10 bits per heavy atom. The van der Waals surface area contributed by atoms with E-state index in [9.17, 15) is 18.0 Å². The van der Waals surface area contributed by atoms with Crippen LogP contribution in [0.3, 0.4) is 0 Å². The largest absolute Gasteiger partial charge is 0.360 e. The van der Waals surface area contributed by atoms with E-state index in [1.165, 1.54) is 40.6 Å². The summed E-state index contributed by atoms with van der Waals surface area (Å²) in [5.74, 6) is -1.55. The molecule has 1 aromatic carbocycles. The Morgan fingerprint density at radius 2 is 1.84 bits per heavy atom. The van der Waals surface area contributed by atoms with Crippen molar-refractivity contribution in [2.45, 2.75) is 49.6 Å². The van der Waals surface area contributed by atoms with Crippen molar-refractivity contribution in [1.29, 1.82) is 0 Å². The van der Waals surface area contributed by atoms with Gasteiger partial charge in [0.25, 0.3) is 0 Å². The number of amides is 2. The molecular weight excluding hydrogens is 442 g/mol. The highest BCUT2D eigenvalue weighted by molar-refractivity contribution is 7.89. The van der Waals surface area contributed by atoms with Crippen LogP contribution in [0, 0.1) is 0 Å². The molecule has 2 aliphatic rings. The predicted molar refractivity (Wildman–Crippen MR) is 117 cm³/mol. The number of hydrogen-bond donors (Lipinski definition) is 2. The molecule has 10 heteroatoms. The maximum absolute atomic E-state index is 13.0. The van der Waals surface area contributed by atoms with Crippen LogP contribution in [-0.2, 0) is 24.3 Å². The summed E-state index contributed by atoms with van der Waals surface area (Å²) in [5.41, 5.74) is 1.31. The van der Waals surface area contributed by atoms with E-state index < -0.39 is 28.1 Å². The summed E-state index contributed by atoms with van der Waals surface area (Å²) in [6.45, 7) is 0.903. The van der Waals surface area contributed by atoms with Crippen LogP contribution in [0.5, 0.6) is 0 Å². The maximum Gasteiger partial charge on any atom is 0.309 e. The molecule has 2 amide bonds. The van der Waals surface area contributed by atoms with E-state index in [2.05, 4.69) is 16.7 Å². The number of hydrogen-bond acceptors (Lipinski definition) is 5. The van der Waals surface area contributed by atoms with Gasteiger partial charge in [0.2, 0.25) is 10.0 Å². The summed E-state index contributed by atoms with van der Waals surface area (Å²) in [4.78, 5) is 24.3. The Hall–Kier alpha value is -1.94. The molecule has 0 radical (unpaired) electrons. The molecule has 0 unspecified atom stereocenters. The first-order valence-electron chi connectivity index (χ1n) is 10.5. The molecule has 0 saturated carbocycles. The number of ether oxygens (including phenoxy) is 1. The monoisotopic (exact) mass is 469 g/mol. The number of nitrogens with zero attached hydrogens (tertiary/aromatic N) is 1. The minimum atomic E-state index is -3.83. The van der Waals surface area contributed by atoms with Crippen molar-refractivity contribution in [2.75, 3.05) is 26.2 Å². The number of nitrogens with one attached hydrogen (secondary N) is 2. The van der Waals surface area contributed by atoms with Crippen molar-refractivity contribution in [2.24, 2.45) is 0 Å². The number of benzene rings is 1. The van der Waals surface area contributed by atoms with Crippen LogP contribution in [0.15, 0.2) is 40.8 Å². The molecule has 1 fully saturated rings. The lowest BCUT2D eigenvalue weighted by Crippen LogP contribution is -2.53. The van der Waals surface area contributed by atoms with E-state index in [-0.39, 0.29) is 18.0 Å². The Labute approximate surface area is 188 Å². The molecule has 1 aromatic rings. The zero-order valence-corrected chi connectivity index (χ0v) is 18.9. The molecule has 0 spiro atoms.